The van der Waals surface area contributed by atoms with Crippen LogP contribution in [0, 0.1) is 5.92 Å². The Balaban J connectivity index is 1.60. The SMILES string of the molecule is O=C(NC1CCCCC1)C1CCCN(S(=O)(=O)Cc2cccc(Cl)c2)C1. The number of hydrogen-bond donors (Lipinski definition) is 1. The molecule has 1 aromatic rings. The lowest BCUT2D eigenvalue weighted by molar-refractivity contribution is -0.127. The van der Waals surface area contributed by atoms with E-state index in [9.17, 15) is 13.2 Å². The second-order valence-electron chi connectivity index (χ2n) is 7.43. The zero-order valence-electron chi connectivity index (χ0n) is 15.0. The van der Waals surface area contributed by atoms with Crippen LogP contribution in [0.4, 0.5) is 0 Å². The van der Waals surface area contributed by atoms with Crippen LogP contribution in [-0.2, 0) is 20.6 Å². The van der Waals surface area contributed by atoms with Crippen LogP contribution in [0.3, 0.4) is 0 Å². The second kappa shape index (κ2) is 8.72. The van der Waals surface area contributed by atoms with E-state index in [1.54, 1.807) is 24.3 Å². The highest BCUT2D eigenvalue weighted by molar-refractivity contribution is 7.88. The van der Waals surface area contributed by atoms with Crippen LogP contribution in [0.15, 0.2) is 24.3 Å². The van der Waals surface area contributed by atoms with E-state index in [1.807, 2.05) is 0 Å². The molecule has 0 aromatic heterocycles. The number of rotatable bonds is 5. The van der Waals surface area contributed by atoms with E-state index in [4.69, 9.17) is 11.6 Å². The van der Waals surface area contributed by atoms with Gasteiger partial charge in [-0.1, -0.05) is 43.0 Å². The standard InChI is InChI=1S/C19H27ClN2O3S/c20-17-8-4-6-15(12-17)14-26(24,25)22-11-5-7-16(13-22)19(23)21-18-9-2-1-3-10-18/h4,6,8,12,16,18H,1-3,5,7,9-11,13-14H2,(H,21,23). The van der Waals surface area contributed by atoms with E-state index in [1.165, 1.54) is 10.7 Å². The van der Waals surface area contributed by atoms with Crippen molar-refractivity contribution in [1.82, 2.24) is 9.62 Å². The van der Waals surface area contributed by atoms with E-state index in [-0.39, 0.29) is 30.2 Å². The minimum absolute atomic E-state index is 0.0135. The molecule has 0 bridgehead atoms. The molecule has 2 aliphatic rings. The van der Waals surface area contributed by atoms with E-state index in [0.717, 1.165) is 38.5 Å². The van der Waals surface area contributed by atoms with Crippen LogP contribution >= 0.6 is 11.6 Å². The summed E-state index contributed by atoms with van der Waals surface area (Å²) in [7, 11) is -3.46. The Labute approximate surface area is 161 Å². The van der Waals surface area contributed by atoms with Crippen LogP contribution in [-0.4, -0.2) is 37.8 Å². The third-order valence-corrected chi connectivity index (χ3v) is 7.39. The normalized spacial score (nSPS) is 22.9. The maximum absolute atomic E-state index is 12.8. The molecule has 1 N–H and O–H groups in total. The summed E-state index contributed by atoms with van der Waals surface area (Å²) in [5, 5.41) is 3.67. The molecule has 1 aliphatic carbocycles. The van der Waals surface area contributed by atoms with E-state index in [2.05, 4.69) is 5.32 Å². The molecule has 1 saturated heterocycles. The number of piperidine rings is 1. The third kappa shape index (κ3) is 5.21. The number of benzene rings is 1. The summed E-state index contributed by atoms with van der Waals surface area (Å²) in [5.41, 5.74) is 0.672. The molecule has 2 fully saturated rings. The Bertz CT molecular complexity index is 732. The minimum atomic E-state index is -3.46. The van der Waals surface area contributed by atoms with Crippen molar-refractivity contribution in [2.24, 2.45) is 5.92 Å². The molecule has 3 rings (SSSR count). The predicted molar refractivity (Wildman–Crippen MR) is 103 cm³/mol. The number of nitrogens with zero attached hydrogens (tertiary/aromatic N) is 1. The van der Waals surface area contributed by atoms with Crippen molar-refractivity contribution in [2.45, 2.75) is 56.7 Å². The van der Waals surface area contributed by atoms with Crippen molar-refractivity contribution in [2.75, 3.05) is 13.1 Å². The smallest absolute Gasteiger partial charge is 0.224 e. The first-order valence-corrected chi connectivity index (χ1v) is 11.5. The highest BCUT2D eigenvalue weighted by Crippen LogP contribution is 2.24. The fourth-order valence-corrected chi connectivity index (χ4v) is 5.71. The molecular weight excluding hydrogens is 372 g/mol. The summed E-state index contributed by atoms with van der Waals surface area (Å²) in [6.45, 7) is 0.761. The van der Waals surface area contributed by atoms with Crippen LogP contribution in [0.5, 0.6) is 0 Å². The zero-order chi connectivity index (χ0) is 18.6. The molecule has 1 amide bonds. The summed E-state index contributed by atoms with van der Waals surface area (Å²) >= 11 is 5.96. The monoisotopic (exact) mass is 398 g/mol. The first kappa shape index (κ1) is 19.6. The van der Waals surface area contributed by atoms with Crippen molar-refractivity contribution in [1.29, 1.82) is 0 Å². The topological polar surface area (TPSA) is 66.5 Å². The number of nitrogens with one attached hydrogen (secondary N) is 1. The van der Waals surface area contributed by atoms with Gasteiger partial charge in [0.2, 0.25) is 15.9 Å². The molecule has 144 valence electrons. The first-order chi connectivity index (χ1) is 12.4. The Morgan fingerprint density at radius 3 is 2.65 bits per heavy atom. The molecule has 1 saturated carbocycles. The quantitative estimate of drug-likeness (QED) is 0.827. The number of halogens is 1. The van der Waals surface area contributed by atoms with Crippen molar-refractivity contribution < 1.29 is 13.2 Å². The Kier molecular flexibility index (Phi) is 6.59. The highest BCUT2D eigenvalue weighted by atomic mass is 35.5. The Morgan fingerprint density at radius 2 is 1.92 bits per heavy atom. The summed E-state index contributed by atoms with van der Waals surface area (Å²) in [6.07, 6.45) is 7.11. The average molecular weight is 399 g/mol. The fraction of sp³-hybridized carbons (Fsp3) is 0.632. The van der Waals surface area contributed by atoms with Crippen molar-refractivity contribution in [3.8, 4) is 0 Å². The molecule has 1 atom stereocenters. The molecule has 26 heavy (non-hydrogen) atoms. The Hall–Kier alpha value is -1.11. The molecule has 1 aromatic carbocycles. The molecule has 0 radical (unpaired) electrons. The van der Waals surface area contributed by atoms with Gasteiger partial charge in [0, 0.05) is 24.2 Å². The summed E-state index contributed by atoms with van der Waals surface area (Å²) < 4.78 is 27.0. The van der Waals surface area contributed by atoms with Crippen molar-refractivity contribution >= 4 is 27.5 Å². The van der Waals surface area contributed by atoms with Crippen LogP contribution in [0.1, 0.15) is 50.5 Å². The molecule has 1 unspecified atom stereocenters. The molecule has 1 heterocycles. The molecule has 5 nitrogen and oxygen atoms in total. The number of carbonyl (C=O) groups excluding carboxylic acids is 1. The minimum Gasteiger partial charge on any atom is -0.353 e. The predicted octanol–water partition coefficient (Wildman–Crippen LogP) is 3.33. The Morgan fingerprint density at radius 1 is 1.15 bits per heavy atom. The first-order valence-electron chi connectivity index (χ1n) is 9.47. The fourth-order valence-electron chi connectivity index (χ4n) is 3.90. The lowest BCUT2D eigenvalue weighted by Gasteiger charge is -2.32. The lowest BCUT2D eigenvalue weighted by Crippen LogP contribution is -2.48. The van der Waals surface area contributed by atoms with Gasteiger partial charge in [0.1, 0.15) is 0 Å². The van der Waals surface area contributed by atoms with Gasteiger partial charge < -0.3 is 5.32 Å². The van der Waals surface area contributed by atoms with E-state index in [0.29, 0.717) is 17.1 Å². The summed E-state index contributed by atoms with van der Waals surface area (Å²) in [4.78, 5) is 12.6. The van der Waals surface area contributed by atoms with Crippen LogP contribution < -0.4 is 5.32 Å². The molecule has 7 heteroatoms. The van der Waals surface area contributed by atoms with Gasteiger partial charge in [-0.3, -0.25) is 4.79 Å². The van der Waals surface area contributed by atoms with Gasteiger partial charge in [-0.15, -0.1) is 0 Å². The third-order valence-electron chi connectivity index (χ3n) is 5.34. The summed E-state index contributed by atoms with van der Waals surface area (Å²) in [5.74, 6) is -0.316. The number of amides is 1. The number of sulfonamides is 1. The average Bonchev–Trinajstić information content (AvgIpc) is 2.62. The summed E-state index contributed by atoms with van der Waals surface area (Å²) in [6, 6.07) is 7.18. The van der Waals surface area contributed by atoms with Crippen LogP contribution in [0.2, 0.25) is 5.02 Å². The molecular formula is C19H27ClN2O3S. The van der Waals surface area contributed by atoms with Gasteiger partial charge in [-0.25, -0.2) is 12.7 Å². The second-order valence-corrected chi connectivity index (χ2v) is 9.83. The maximum Gasteiger partial charge on any atom is 0.224 e. The lowest BCUT2D eigenvalue weighted by atomic mass is 9.93. The highest BCUT2D eigenvalue weighted by Gasteiger charge is 2.33. The van der Waals surface area contributed by atoms with Crippen LogP contribution in [0.25, 0.3) is 0 Å². The van der Waals surface area contributed by atoms with Gasteiger partial charge >= 0.3 is 0 Å². The maximum atomic E-state index is 12.8. The number of hydrogen-bond acceptors (Lipinski definition) is 3. The van der Waals surface area contributed by atoms with E-state index < -0.39 is 10.0 Å². The van der Waals surface area contributed by atoms with Gasteiger partial charge in [0.25, 0.3) is 0 Å². The van der Waals surface area contributed by atoms with Crippen molar-refractivity contribution in [3.63, 3.8) is 0 Å². The van der Waals surface area contributed by atoms with Gasteiger partial charge in [-0.05, 0) is 43.4 Å². The van der Waals surface area contributed by atoms with Gasteiger partial charge in [0.15, 0.2) is 0 Å². The van der Waals surface area contributed by atoms with Crippen molar-refractivity contribution in [3.05, 3.63) is 34.9 Å². The zero-order valence-corrected chi connectivity index (χ0v) is 16.6. The molecule has 0 spiro atoms. The number of carbonyl (C=O) groups is 1. The largest absolute Gasteiger partial charge is 0.353 e. The molecule has 1 aliphatic heterocycles. The van der Waals surface area contributed by atoms with E-state index >= 15 is 0 Å². The van der Waals surface area contributed by atoms with Gasteiger partial charge in [-0.2, -0.15) is 0 Å². The van der Waals surface area contributed by atoms with Gasteiger partial charge in [0.05, 0.1) is 11.7 Å².